The lowest BCUT2D eigenvalue weighted by molar-refractivity contribution is 0.281. The molecule has 0 radical (unpaired) electrons. The van der Waals surface area contributed by atoms with Crippen molar-refractivity contribution in [1.82, 2.24) is 5.32 Å². The van der Waals surface area contributed by atoms with Gasteiger partial charge in [0.25, 0.3) is 0 Å². The summed E-state index contributed by atoms with van der Waals surface area (Å²) in [5.41, 5.74) is 1.38. The van der Waals surface area contributed by atoms with Gasteiger partial charge in [0.05, 0.1) is 0 Å². The summed E-state index contributed by atoms with van der Waals surface area (Å²) in [6.07, 6.45) is 11.7. The van der Waals surface area contributed by atoms with Gasteiger partial charge in [-0.15, -0.1) is 0 Å². The fraction of sp³-hybridized carbons (Fsp3) is 0.412. The van der Waals surface area contributed by atoms with E-state index in [1.165, 1.54) is 18.4 Å². The molecule has 1 nitrogen and oxygen atoms in total. The zero-order chi connectivity index (χ0) is 13.1. The number of benzene rings is 1. The second-order valence-corrected chi connectivity index (χ2v) is 5.95. The third-order valence-corrected chi connectivity index (χ3v) is 4.61. The molecule has 1 aliphatic heterocycles. The van der Waals surface area contributed by atoms with E-state index in [0.29, 0.717) is 11.8 Å². The van der Waals surface area contributed by atoms with Gasteiger partial charge in [-0.1, -0.05) is 48.0 Å². The van der Waals surface area contributed by atoms with E-state index < -0.39 is 0 Å². The maximum absolute atomic E-state index is 6.00. The fourth-order valence-corrected chi connectivity index (χ4v) is 3.45. The summed E-state index contributed by atoms with van der Waals surface area (Å²) in [4.78, 5) is 0. The quantitative estimate of drug-likeness (QED) is 0.853. The first kappa shape index (κ1) is 13.0. The first-order valence-corrected chi connectivity index (χ1v) is 7.53. The van der Waals surface area contributed by atoms with E-state index in [9.17, 15) is 0 Å². The van der Waals surface area contributed by atoms with Gasteiger partial charge in [-0.05, 0) is 55.5 Å². The van der Waals surface area contributed by atoms with Gasteiger partial charge in [-0.3, -0.25) is 0 Å². The number of hydrogen-bond acceptors (Lipinski definition) is 1. The maximum atomic E-state index is 6.00. The lowest BCUT2D eigenvalue weighted by Gasteiger charge is -2.34. The summed E-state index contributed by atoms with van der Waals surface area (Å²) in [6.45, 7) is 2.32. The SMILES string of the molecule is Clc1ccc(C2C=CC=CC2C2CCNCC2)cc1. The zero-order valence-corrected chi connectivity index (χ0v) is 11.8. The van der Waals surface area contributed by atoms with Crippen molar-refractivity contribution in [2.24, 2.45) is 11.8 Å². The smallest absolute Gasteiger partial charge is 0.0406 e. The third kappa shape index (κ3) is 2.93. The molecule has 1 heterocycles. The molecule has 1 N–H and O–H groups in total. The van der Waals surface area contributed by atoms with Crippen molar-refractivity contribution in [3.63, 3.8) is 0 Å². The molecule has 1 aromatic carbocycles. The number of halogens is 1. The third-order valence-electron chi connectivity index (χ3n) is 4.36. The molecule has 2 unspecified atom stereocenters. The average Bonchev–Trinajstić information content (AvgIpc) is 2.49. The normalized spacial score (nSPS) is 27.6. The second-order valence-electron chi connectivity index (χ2n) is 5.51. The van der Waals surface area contributed by atoms with E-state index in [1.54, 1.807) is 0 Å². The first-order valence-electron chi connectivity index (χ1n) is 7.16. The monoisotopic (exact) mass is 273 g/mol. The molecule has 0 saturated carbocycles. The van der Waals surface area contributed by atoms with Crippen molar-refractivity contribution in [2.45, 2.75) is 18.8 Å². The van der Waals surface area contributed by atoms with Crippen LogP contribution in [0, 0.1) is 11.8 Å². The highest BCUT2D eigenvalue weighted by atomic mass is 35.5. The van der Waals surface area contributed by atoms with Gasteiger partial charge < -0.3 is 5.32 Å². The van der Waals surface area contributed by atoms with Crippen LogP contribution in [-0.4, -0.2) is 13.1 Å². The van der Waals surface area contributed by atoms with Crippen LogP contribution in [0.2, 0.25) is 5.02 Å². The van der Waals surface area contributed by atoms with E-state index in [2.05, 4.69) is 41.8 Å². The van der Waals surface area contributed by atoms with Gasteiger partial charge in [0.2, 0.25) is 0 Å². The molecule has 2 atom stereocenters. The molecule has 19 heavy (non-hydrogen) atoms. The van der Waals surface area contributed by atoms with Crippen molar-refractivity contribution < 1.29 is 0 Å². The summed E-state index contributed by atoms with van der Waals surface area (Å²) in [5, 5.41) is 4.27. The van der Waals surface area contributed by atoms with Crippen LogP contribution in [0.1, 0.15) is 24.3 Å². The van der Waals surface area contributed by atoms with Crippen LogP contribution in [0.5, 0.6) is 0 Å². The highest BCUT2D eigenvalue weighted by Crippen LogP contribution is 2.38. The number of rotatable bonds is 2. The number of piperidine rings is 1. The summed E-state index contributed by atoms with van der Waals surface area (Å²) < 4.78 is 0. The fourth-order valence-electron chi connectivity index (χ4n) is 3.32. The van der Waals surface area contributed by atoms with Gasteiger partial charge in [-0.25, -0.2) is 0 Å². The molecule has 3 rings (SSSR count). The predicted octanol–water partition coefficient (Wildman–Crippen LogP) is 4.17. The lowest BCUT2D eigenvalue weighted by Crippen LogP contribution is -2.33. The molecule has 0 spiro atoms. The predicted molar refractivity (Wildman–Crippen MR) is 81.6 cm³/mol. The molecular weight excluding hydrogens is 254 g/mol. The Morgan fingerprint density at radius 3 is 2.37 bits per heavy atom. The molecule has 1 aliphatic carbocycles. The Morgan fingerprint density at radius 2 is 1.63 bits per heavy atom. The van der Waals surface area contributed by atoms with E-state index in [0.717, 1.165) is 24.0 Å². The van der Waals surface area contributed by atoms with Crippen LogP contribution in [0.25, 0.3) is 0 Å². The standard InChI is InChI=1S/C17H20ClN/c18-15-7-5-13(6-8-15)16-3-1-2-4-17(16)14-9-11-19-12-10-14/h1-8,14,16-17,19H,9-12H2. The van der Waals surface area contributed by atoms with Gasteiger partial charge in [0.1, 0.15) is 0 Å². The van der Waals surface area contributed by atoms with E-state index in [4.69, 9.17) is 11.6 Å². The van der Waals surface area contributed by atoms with Gasteiger partial charge in [0.15, 0.2) is 0 Å². The van der Waals surface area contributed by atoms with Crippen molar-refractivity contribution in [3.8, 4) is 0 Å². The molecule has 0 amide bonds. The van der Waals surface area contributed by atoms with Crippen LogP contribution in [-0.2, 0) is 0 Å². The Hall–Kier alpha value is -1.05. The zero-order valence-electron chi connectivity index (χ0n) is 11.1. The molecule has 100 valence electrons. The minimum absolute atomic E-state index is 0.505. The summed E-state index contributed by atoms with van der Waals surface area (Å²) in [5.74, 6) is 1.93. The molecule has 2 heteroatoms. The number of allylic oxidation sites excluding steroid dienone is 4. The lowest BCUT2D eigenvalue weighted by atomic mass is 9.72. The van der Waals surface area contributed by atoms with E-state index >= 15 is 0 Å². The van der Waals surface area contributed by atoms with Crippen LogP contribution in [0.4, 0.5) is 0 Å². The number of nitrogens with one attached hydrogen (secondary N) is 1. The highest BCUT2D eigenvalue weighted by Gasteiger charge is 2.29. The minimum Gasteiger partial charge on any atom is -0.317 e. The van der Waals surface area contributed by atoms with Gasteiger partial charge in [-0.2, -0.15) is 0 Å². The minimum atomic E-state index is 0.505. The topological polar surface area (TPSA) is 12.0 Å². The molecule has 2 aliphatic rings. The molecule has 1 fully saturated rings. The Labute approximate surface area is 120 Å². The van der Waals surface area contributed by atoms with Crippen LogP contribution in [0.15, 0.2) is 48.6 Å². The van der Waals surface area contributed by atoms with Crippen molar-refractivity contribution in [1.29, 1.82) is 0 Å². The van der Waals surface area contributed by atoms with Crippen molar-refractivity contribution in [2.75, 3.05) is 13.1 Å². The largest absolute Gasteiger partial charge is 0.317 e. The van der Waals surface area contributed by atoms with Gasteiger partial charge >= 0.3 is 0 Å². The van der Waals surface area contributed by atoms with E-state index in [1.807, 2.05) is 12.1 Å². The summed E-state index contributed by atoms with van der Waals surface area (Å²) in [6, 6.07) is 8.35. The van der Waals surface area contributed by atoms with Crippen LogP contribution in [0.3, 0.4) is 0 Å². The Bertz CT molecular complexity index is 469. The van der Waals surface area contributed by atoms with Crippen molar-refractivity contribution >= 4 is 11.6 Å². The van der Waals surface area contributed by atoms with Gasteiger partial charge in [0, 0.05) is 10.9 Å². The molecule has 0 aromatic heterocycles. The Kier molecular flexibility index (Phi) is 4.05. The Balaban J connectivity index is 1.83. The maximum Gasteiger partial charge on any atom is 0.0406 e. The van der Waals surface area contributed by atoms with Crippen molar-refractivity contribution in [3.05, 3.63) is 59.2 Å². The van der Waals surface area contributed by atoms with E-state index in [-0.39, 0.29) is 0 Å². The van der Waals surface area contributed by atoms with Crippen LogP contribution >= 0.6 is 11.6 Å². The average molecular weight is 274 g/mol. The second kappa shape index (κ2) is 5.94. The summed E-state index contributed by atoms with van der Waals surface area (Å²) >= 11 is 6.00. The molecule has 1 aromatic rings. The summed E-state index contributed by atoms with van der Waals surface area (Å²) in [7, 11) is 0. The first-order chi connectivity index (χ1) is 9.34. The highest BCUT2D eigenvalue weighted by molar-refractivity contribution is 6.30. The molecule has 0 bridgehead atoms. The van der Waals surface area contributed by atoms with Crippen LogP contribution < -0.4 is 5.32 Å². The molecular formula is C17H20ClN. The Morgan fingerprint density at radius 1 is 0.947 bits per heavy atom. The number of hydrogen-bond donors (Lipinski definition) is 1. The molecule has 1 saturated heterocycles.